The van der Waals surface area contributed by atoms with Gasteiger partial charge >= 0.3 is 5.97 Å². The van der Waals surface area contributed by atoms with Crippen molar-refractivity contribution in [2.75, 3.05) is 33.1 Å². The van der Waals surface area contributed by atoms with Gasteiger partial charge in [-0.3, -0.25) is 9.59 Å². The highest BCUT2D eigenvalue weighted by Crippen LogP contribution is 2.34. The number of hydrogen-bond donors (Lipinski definition) is 1. The number of esters is 1. The predicted molar refractivity (Wildman–Crippen MR) is 105 cm³/mol. The van der Waals surface area contributed by atoms with Gasteiger partial charge in [-0.15, -0.1) is 11.3 Å². The van der Waals surface area contributed by atoms with E-state index in [1.54, 1.807) is 27.2 Å². The largest absolute Gasteiger partial charge is 0.462 e. The molecule has 2 amide bonds. The minimum absolute atomic E-state index is 0.163. The van der Waals surface area contributed by atoms with Crippen molar-refractivity contribution in [2.24, 2.45) is 0 Å². The average Bonchev–Trinajstić information content (AvgIpc) is 3.24. The number of rotatable bonds is 8. The van der Waals surface area contributed by atoms with Crippen molar-refractivity contribution in [3.63, 3.8) is 0 Å². The number of amides is 2. The van der Waals surface area contributed by atoms with Gasteiger partial charge in [0, 0.05) is 27.4 Å². The lowest BCUT2D eigenvalue weighted by Gasteiger charge is -2.09. The van der Waals surface area contributed by atoms with Crippen molar-refractivity contribution in [1.29, 1.82) is 0 Å². The summed E-state index contributed by atoms with van der Waals surface area (Å²) in [6.45, 7) is 4.01. The molecule has 2 heterocycles. The van der Waals surface area contributed by atoms with Crippen LogP contribution in [0.15, 0.2) is 12.3 Å². The Kier molecular flexibility index (Phi) is 7.30. The highest BCUT2D eigenvalue weighted by atomic mass is 32.1. The van der Waals surface area contributed by atoms with E-state index in [0.29, 0.717) is 16.9 Å². The normalized spacial score (nSPS) is 10.6. The van der Waals surface area contributed by atoms with Gasteiger partial charge in [0.25, 0.3) is 11.8 Å². The molecule has 0 aromatic carbocycles. The lowest BCUT2D eigenvalue weighted by atomic mass is 10.1. The molecule has 0 atom stereocenters. The fourth-order valence-electron chi connectivity index (χ4n) is 2.38. The number of hydrogen-bond acceptors (Lipinski definition) is 7. The number of methoxy groups -OCH3 is 1. The molecule has 28 heavy (non-hydrogen) atoms. The molecule has 0 spiro atoms. The third kappa shape index (κ3) is 4.76. The van der Waals surface area contributed by atoms with E-state index < -0.39 is 11.9 Å². The van der Waals surface area contributed by atoms with Crippen LogP contribution in [0.4, 0.5) is 5.00 Å². The SMILES string of the molecule is CCCOC(=O)c1c(NC(=O)c2ccn(COC)n2)sc(C(=O)N(C)C)c1C. The maximum Gasteiger partial charge on any atom is 0.341 e. The number of nitrogens with one attached hydrogen (secondary N) is 1. The average molecular weight is 408 g/mol. The second-order valence-electron chi connectivity index (χ2n) is 6.21. The molecule has 0 saturated carbocycles. The summed E-state index contributed by atoms with van der Waals surface area (Å²) in [5, 5.41) is 7.05. The fourth-order valence-corrected chi connectivity index (χ4v) is 3.59. The number of ether oxygens (including phenoxy) is 2. The summed E-state index contributed by atoms with van der Waals surface area (Å²) in [5.74, 6) is -1.32. The summed E-state index contributed by atoms with van der Waals surface area (Å²) >= 11 is 1.04. The van der Waals surface area contributed by atoms with Crippen molar-refractivity contribution in [3.05, 3.63) is 34.0 Å². The van der Waals surface area contributed by atoms with Gasteiger partial charge in [-0.1, -0.05) is 6.92 Å². The molecule has 10 heteroatoms. The smallest absolute Gasteiger partial charge is 0.341 e. The zero-order chi connectivity index (χ0) is 20.8. The van der Waals surface area contributed by atoms with E-state index in [0.717, 1.165) is 11.3 Å². The maximum atomic E-state index is 12.6. The molecule has 0 bridgehead atoms. The van der Waals surface area contributed by atoms with E-state index in [9.17, 15) is 14.4 Å². The topological polar surface area (TPSA) is 103 Å². The van der Waals surface area contributed by atoms with E-state index >= 15 is 0 Å². The number of nitrogens with zero attached hydrogens (tertiary/aromatic N) is 3. The van der Waals surface area contributed by atoms with Crippen molar-refractivity contribution in [2.45, 2.75) is 27.0 Å². The van der Waals surface area contributed by atoms with Gasteiger partial charge in [-0.2, -0.15) is 5.10 Å². The Balaban J connectivity index is 2.37. The molecule has 0 fully saturated rings. The molecular weight excluding hydrogens is 384 g/mol. The second-order valence-corrected chi connectivity index (χ2v) is 7.23. The van der Waals surface area contributed by atoms with Crippen molar-refractivity contribution >= 4 is 34.1 Å². The van der Waals surface area contributed by atoms with Crippen LogP contribution >= 0.6 is 11.3 Å². The molecular formula is C18H24N4O5S. The Labute approximate surface area is 167 Å². The summed E-state index contributed by atoms with van der Waals surface area (Å²) in [6, 6.07) is 1.54. The van der Waals surface area contributed by atoms with E-state index in [1.807, 2.05) is 6.92 Å². The van der Waals surface area contributed by atoms with E-state index in [1.165, 1.54) is 22.8 Å². The Hall–Kier alpha value is -2.72. The van der Waals surface area contributed by atoms with Gasteiger partial charge in [0.1, 0.15) is 11.7 Å². The Morgan fingerprint density at radius 2 is 2.04 bits per heavy atom. The van der Waals surface area contributed by atoms with Crippen LogP contribution in [0.25, 0.3) is 0 Å². The van der Waals surface area contributed by atoms with Crippen LogP contribution in [0.1, 0.15) is 49.4 Å². The zero-order valence-electron chi connectivity index (χ0n) is 16.6. The summed E-state index contributed by atoms with van der Waals surface area (Å²) in [5.41, 5.74) is 0.829. The summed E-state index contributed by atoms with van der Waals surface area (Å²) in [6.07, 6.45) is 2.27. The van der Waals surface area contributed by atoms with Crippen LogP contribution in [0.3, 0.4) is 0 Å². The molecule has 0 saturated heterocycles. The first-order chi connectivity index (χ1) is 13.3. The van der Waals surface area contributed by atoms with Crippen LogP contribution in [0, 0.1) is 6.92 Å². The molecule has 0 unspecified atom stereocenters. The van der Waals surface area contributed by atoms with Crippen LogP contribution in [0.2, 0.25) is 0 Å². The molecule has 0 aliphatic carbocycles. The van der Waals surface area contributed by atoms with Crippen LogP contribution in [-0.4, -0.2) is 60.3 Å². The Morgan fingerprint density at radius 3 is 2.64 bits per heavy atom. The van der Waals surface area contributed by atoms with E-state index in [4.69, 9.17) is 9.47 Å². The third-order valence-electron chi connectivity index (χ3n) is 3.75. The van der Waals surface area contributed by atoms with Gasteiger partial charge in [-0.25, -0.2) is 9.48 Å². The van der Waals surface area contributed by atoms with Crippen molar-refractivity contribution < 1.29 is 23.9 Å². The highest BCUT2D eigenvalue weighted by molar-refractivity contribution is 7.18. The van der Waals surface area contributed by atoms with Gasteiger partial charge in [0.05, 0.1) is 17.0 Å². The number of carbonyl (C=O) groups is 3. The Morgan fingerprint density at radius 1 is 1.32 bits per heavy atom. The second kappa shape index (κ2) is 9.47. The summed E-state index contributed by atoms with van der Waals surface area (Å²) < 4.78 is 11.7. The standard InChI is InChI=1S/C18H24N4O5S/c1-6-9-27-18(25)13-11(2)14(17(24)21(3)4)28-16(13)19-15(23)12-7-8-22(20-12)10-26-5/h7-8H,6,9-10H2,1-5H3,(H,19,23). The molecule has 152 valence electrons. The first kappa shape index (κ1) is 21.6. The van der Waals surface area contributed by atoms with E-state index in [-0.39, 0.29) is 35.5 Å². The lowest BCUT2D eigenvalue weighted by Crippen LogP contribution is -2.21. The maximum absolute atomic E-state index is 12.6. The molecule has 9 nitrogen and oxygen atoms in total. The van der Waals surface area contributed by atoms with Gasteiger partial charge in [-0.05, 0) is 25.0 Å². The molecule has 1 N–H and O–H groups in total. The molecule has 2 aromatic heterocycles. The van der Waals surface area contributed by atoms with Crippen LogP contribution < -0.4 is 5.32 Å². The third-order valence-corrected chi connectivity index (χ3v) is 4.95. The molecule has 2 aromatic rings. The Bertz CT molecular complexity index is 871. The molecule has 0 radical (unpaired) electrons. The van der Waals surface area contributed by atoms with Gasteiger partial charge in [0.15, 0.2) is 5.69 Å². The van der Waals surface area contributed by atoms with Crippen molar-refractivity contribution in [3.8, 4) is 0 Å². The number of aromatic nitrogens is 2. The monoisotopic (exact) mass is 408 g/mol. The first-order valence-corrected chi connectivity index (χ1v) is 9.47. The lowest BCUT2D eigenvalue weighted by molar-refractivity contribution is 0.0506. The van der Waals surface area contributed by atoms with Crippen molar-refractivity contribution in [1.82, 2.24) is 14.7 Å². The van der Waals surface area contributed by atoms with E-state index in [2.05, 4.69) is 10.4 Å². The zero-order valence-corrected chi connectivity index (χ0v) is 17.4. The molecule has 2 rings (SSSR count). The van der Waals surface area contributed by atoms with Crippen LogP contribution in [-0.2, 0) is 16.2 Å². The number of carbonyl (C=O) groups excluding carboxylic acids is 3. The number of thiophene rings is 1. The minimum atomic E-state index is -0.575. The number of anilines is 1. The minimum Gasteiger partial charge on any atom is -0.462 e. The van der Waals surface area contributed by atoms with Crippen LogP contribution in [0.5, 0.6) is 0 Å². The highest BCUT2D eigenvalue weighted by Gasteiger charge is 2.28. The molecule has 0 aliphatic heterocycles. The van der Waals surface area contributed by atoms with Gasteiger partial charge < -0.3 is 19.7 Å². The predicted octanol–water partition coefficient (Wildman–Crippen LogP) is 2.38. The fraction of sp³-hybridized carbons (Fsp3) is 0.444. The summed E-state index contributed by atoms with van der Waals surface area (Å²) in [4.78, 5) is 39.3. The quantitative estimate of drug-likeness (QED) is 0.673. The molecule has 0 aliphatic rings. The van der Waals surface area contributed by atoms with Gasteiger partial charge in [0.2, 0.25) is 0 Å². The first-order valence-electron chi connectivity index (χ1n) is 8.66. The summed E-state index contributed by atoms with van der Waals surface area (Å²) in [7, 11) is 4.77.